The summed E-state index contributed by atoms with van der Waals surface area (Å²) < 4.78 is 0. The zero-order chi connectivity index (χ0) is 8.23. The van der Waals surface area contributed by atoms with Crippen molar-refractivity contribution in [3.63, 3.8) is 0 Å². The lowest BCUT2D eigenvalue weighted by molar-refractivity contribution is 0.823. The van der Waals surface area contributed by atoms with Gasteiger partial charge in [0.15, 0.2) is 0 Å². The maximum Gasteiger partial charge on any atom is 0.248 e. The largest absolute Gasteiger partial charge is 0.299 e. The van der Waals surface area contributed by atoms with Crippen molar-refractivity contribution in [1.82, 2.24) is 15.4 Å². The van der Waals surface area contributed by atoms with Gasteiger partial charge in [-0.05, 0) is 18.2 Å². The lowest BCUT2D eigenvalue weighted by Crippen LogP contribution is -2.31. The van der Waals surface area contributed by atoms with Crippen molar-refractivity contribution in [2.24, 2.45) is 0 Å². The van der Waals surface area contributed by atoms with Gasteiger partial charge in [0.2, 0.25) is 5.95 Å². The van der Waals surface area contributed by atoms with E-state index < -0.39 is 0 Å². The summed E-state index contributed by atoms with van der Waals surface area (Å²) in [4.78, 5) is 8.14. The average molecular weight is 160 g/mol. The topological polar surface area (TPSA) is 41.0 Å². The van der Waals surface area contributed by atoms with E-state index in [4.69, 9.17) is 0 Å². The SMILES string of the molecule is C1=CNN(c2ncccn2)C=C1. The first kappa shape index (κ1) is 6.84. The molecule has 0 unspecified atom stereocenters. The van der Waals surface area contributed by atoms with Crippen molar-refractivity contribution in [3.05, 3.63) is 43.0 Å². The minimum Gasteiger partial charge on any atom is -0.299 e. The van der Waals surface area contributed by atoms with E-state index >= 15 is 0 Å². The highest BCUT2D eigenvalue weighted by atomic mass is 15.5. The average Bonchev–Trinajstić information content (AvgIpc) is 2.21. The minimum absolute atomic E-state index is 0.637. The van der Waals surface area contributed by atoms with Crippen LogP contribution in [0.2, 0.25) is 0 Å². The molecule has 4 nitrogen and oxygen atoms in total. The van der Waals surface area contributed by atoms with Crippen LogP contribution in [-0.2, 0) is 0 Å². The standard InChI is InChI=1S/C8H8N4/c1-2-7-12(11-6-1)8-9-4-3-5-10-8/h1-7,11H. The minimum atomic E-state index is 0.637. The Morgan fingerprint density at radius 2 is 2.00 bits per heavy atom. The summed E-state index contributed by atoms with van der Waals surface area (Å²) in [7, 11) is 0. The van der Waals surface area contributed by atoms with Gasteiger partial charge in [-0.25, -0.2) is 15.0 Å². The molecule has 0 bridgehead atoms. The van der Waals surface area contributed by atoms with Gasteiger partial charge < -0.3 is 0 Å². The highest BCUT2D eigenvalue weighted by Gasteiger charge is 2.02. The molecule has 0 atom stereocenters. The Balaban J connectivity index is 2.21. The highest BCUT2D eigenvalue weighted by molar-refractivity contribution is 5.34. The van der Waals surface area contributed by atoms with Gasteiger partial charge in [0.05, 0.1) is 0 Å². The van der Waals surface area contributed by atoms with Crippen molar-refractivity contribution in [3.8, 4) is 0 Å². The number of hydrogen-bond acceptors (Lipinski definition) is 4. The summed E-state index contributed by atoms with van der Waals surface area (Å²) in [5.41, 5.74) is 2.98. The van der Waals surface area contributed by atoms with Crippen LogP contribution < -0.4 is 10.4 Å². The van der Waals surface area contributed by atoms with E-state index in [1.807, 2.05) is 24.6 Å². The Kier molecular flexibility index (Phi) is 1.74. The van der Waals surface area contributed by atoms with Crippen LogP contribution in [0.15, 0.2) is 43.0 Å². The zero-order valence-corrected chi connectivity index (χ0v) is 6.38. The third-order valence-electron chi connectivity index (χ3n) is 1.42. The van der Waals surface area contributed by atoms with E-state index in [1.165, 1.54) is 0 Å². The number of aromatic nitrogens is 2. The maximum absolute atomic E-state index is 4.07. The van der Waals surface area contributed by atoms with E-state index in [2.05, 4.69) is 15.4 Å². The molecule has 1 aliphatic heterocycles. The summed E-state index contributed by atoms with van der Waals surface area (Å²) in [5.74, 6) is 0.637. The van der Waals surface area contributed by atoms with Crippen molar-refractivity contribution in [2.45, 2.75) is 0 Å². The molecule has 1 N–H and O–H groups in total. The van der Waals surface area contributed by atoms with Crippen LogP contribution in [0.1, 0.15) is 0 Å². The lowest BCUT2D eigenvalue weighted by atomic mass is 10.5. The van der Waals surface area contributed by atoms with Crippen LogP contribution in [-0.4, -0.2) is 9.97 Å². The quantitative estimate of drug-likeness (QED) is 0.660. The van der Waals surface area contributed by atoms with Crippen molar-refractivity contribution in [2.75, 3.05) is 5.01 Å². The number of nitrogens with one attached hydrogen (secondary N) is 1. The summed E-state index contributed by atoms with van der Waals surface area (Å²) in [6, 6.07) is 1.78. The molecule has 1 aromatic rings. The molecule has 4 heteroatoms. The van der Waals surface area contributed by atoms with E-state index in [-0.39, 0.29) is 0 Å². The van der Waals surface area contributed by atoms with Crippen LogP contribution in [0, 0.1) is 0 Å². The first-order valence-electron chi connectivity index (χ1n) is 3.62. The number of hydrazine groups is 1. The molecule has 0 aliphatic carbocycles. The second kappa shape index (κ2) is 3.04. The Morgan fingerprint density at radius 3 is 2.67 bits per heavy atom. The fourth-order valence-electron chi connectivity index (χ4n) is 0.898. The van der Waals surface area contributed by atoms with Gasteiger partial charge in [-0.3, -0.25) is 5.43 Å². The lowest BCUT2D eigenvalue weighted by Gasteiger charge is -2.18. The number of rotatable bonds is 1. The van der Waals surface area contributed by atoms with Crippen LogP contribution in [0.3, 0.4) is 0 Å². The van der Waals surface area contributed by atoms with Gasteiger partial charge in [-0.2, -0.15) is 0 Å². The molecule has 2 rings (SSSR count). The Bertz CT molecular complexity index is 304. The molecule has 12 heavy (non-hydrogen) atoms. The molecule has 1 aliphatic rings. The van der Waals surface area contributed by atoms with Gasteiger partial charge in [0.25, 0.3) is 0 Å². The third kappa shape index (κ3) is 1.27. The van der Waals surface area contributed by atoms with Crippen molar-refractivity contribution in [1.29, 1.82) is 0 Å². The molecule has 60 valence electrons. The van der Waals surface area contributed by atoms with Crippen LogP contribution in [0.4, 0.5) is 5.95 Å². The van der Waals surface area contributed by atoms with Gasteiger partial charge in [-0.15, -0.1) is 0 Å². The Labute approximate surface area is 70.2 Å². The van der Waals surface area contributed by atoms with Gasteiger partial charge >= 0.3 is 0 Å². The first-order chi connectivity index (χ1) is 5.97. The molecular weight excluding hydrogens is 152 g/mol. The maximum atomic E-state index is 4.07. The molecule has 0 radical (unpaired) electrons. The van der Waals surface area contributed by atoms with Crippen LogP contribution >= 0.6 is 0 Å². The number of hydrogen-bond donors (Lipinski definition) is 1. The summed E-state index contributed by atoms with van der Waals surface area (Å²) >= 11 is 0. The smallest absolute Gasteiger partial charge is 0.248 e. The molecule has 2 heterocycles. The molecular formula is C8H8N4. The molecule has 0 spiro atoms. The molecule has 0 aromatic carbocycles. The molecule has 0 saturated carbocycles. The van der Waals surface area contributed by atoms with Crippen molar-refractivity contribution < 1.29 is 0 Å². The number of nitrogens with zero attached hydrogens (tertiary/aromatic N) is 3. The second-order valence-electron chi connectivity index (χ2n) is 2.25. The summed E-state index contributed by atoms with van der Waals surface area (Å²) in [5, 5.41) is 1.74. The van der Waals surface area contributed by atoms with E-state index in [9.17, 15) is 0 Å². The molecule has 0 amide bonds. The van der Waals surface area contributed by atoms with Gasteiger partial charge in [-0.1, -0.05) is 0 Å². The van der Waals surface area contributed by atoms with Crippen LogP contribution in [0.5, 0.6) is 0 Å². The second-order valence-corrected chi connectivity index (χ2v) is 2.25. The van der Waals surface area contributed by atoms with Gasteiger partial charge in [0.1, 0.15) is 0 Å². The van der Waals surface area contributed by atoms with E-state index in [1.54, 1.807) is 23.5 Å². The highest BCUT2D eigenvalue weighted by Crippen LogP contribution is 2.04. The first-order valence-corrected chi connectivity index (χ1v) is 3.62. The molecule has 0 saturated heterocycles. The molecule has 0 fully saturated rings. The zero-order valence-electron chi connectivity index (χ0n) is 6.38. The fourth-order valence-corrected chi connectivity index (χ4v) is 0.898. The predicted molar refractivity (Wildman–Crippen MR) is 45.9 cm³/mol. The Morgan fingerprint density at radius 1 is 1.17 bits per heavy atom. The van der Waals surface area contributed by atoms with E-state index in [0.717, 1.165) is 0 Å². The van der Waals surface area contributed by atoms with Gasteiger partial charge in [0, 0.05) is 24.8 Å². The van der Waals surface area contributed by atoms with E-state index in [0.29, 0.717) is 5.95 Å². The van der Waals surface area contributed by atoms with Crippen molar-refractivity contribution >= 4 is 5.95 Å². The van der Waals surface area contributed by atoms with Crippen LogP contribution in [0.25, 0.3) is 0 Å². The number of allylic oxidation sites excluding steroid dienone is 2. The summed E-state index contributed by atoms with van der Waals surface area (Å²) in [6.45, 7) is 0. The summed E-state index contributed by atoms with van der Waals surface area (Å²) in [6.07, 6.45) is 10.9. The number of anilines is 1. The fraction of sp³-hybridized carbons (Fsp3) is 0. The predicted octanol–water partition coefficient (Wildman–Crippen LogP) is 0.829. The molecule has 1 aromatic heterocycles. The monoisotopic (exact) mass is 160 g/mol. The third-order valence-corrected chi connectivity index (χ3v) is 1.42. The Hall–Kier alpha value is -1.84. The normalized spacial score (nSPS) is 14.5.